The molecule has 1 aromatic heterocycles. The number of nitrogens with one attached hydrogen (secondary N) is 2. The Morgan fingerprint density at radius 1 is 1.31 bits per heavy atom. The van der Waals surface area contributed by atoms with Gasteiger partial charge in [0.15, 0.2) is 5.82 Å². The van der Waals surface area contributed by atoms with Crippen LogP contribution in [0.3, 0.4) is 0 Å². The summed E-state index contributed by atoms with van der Waals surface area (Å²) < 4.78 is 1.63. The quantitative estimate of drug-likeness (QED) is 0.667. The summed E-state index contributed by atoms with van der Waals surface area (Å²) in [5.41, 5.74) is 4.02. The number of hydrogen-bond acceptors (Lipinski definition) is 6. The van der Waals surface area contributed by atoms with Gasteiger partial charge in [-0.3, -0.25) is 4.79 Å². The monoisotopic (exact) mass is 350 g/mol. The Balaban J connectivity index is 1.54. The van der Waals surface area contributed by atoms with Crippen molar-refractivity contribution in [1.29, 1.82) is 0 Å². The minimum absolute atomic E-state index is 0.163. The highest BCUT2D eigenvalue weighted by molar-refractivity contribution is 5.98. The Labute approximate surface area is 149 Å². The van der Waals surface area contributed by atoms with E-state index in [9.17, 15) is 9.90 Å². The predicted octanol–water partition coefficient (Wildman–Crippen LogP) is 1.96. The van der Waals surface area contributed by atoms with Crippen LogP contribution < -0.4 is 10.6 Å². The number of carbonyl (C=O) groups excluding carboxylic acids is 1. The Hall–Kier alpha value is -3.42. The fraction of sp³-hybridized carbons (Fsp3) is 0.222. The van der Waals surface area contributed by atoms with E-state index in [0.29, 0.717) is 17.9 Å². The largest absolute Gasteiger partial charge is 0.508 e. The van der Waals surface area contributed by atoms with Crippen LogP contribution in [0.15, 0.2) is 36.4 Å². The minimum Gasteiger partial charge on any atom is -0.508 e. The summed E-state index contributed by atoms with van der Waals surface area (Å²) in [4.78, 5) is 12.6. The normalized spacial score (nSPS) is 15.4. The number of tetrazole rings is 1. The summed E-state index contributed by atoms with van der Waals surface area (Å²) in [5, 5.41) is 27.5. The summed E-state index contributed by atoms with van der Waals surface area (Å²) in [6, 6.07) is 10.4. The molecule has 0 saturated heterocycles. The number of hydrogen-bond donors (Lipinski definition) is 3. The first-order valence-electron chi connectivity index (χ1n) is 8.27. The number of carbonyl (C=O) groups is 1. The molecule has 4 rings (SSSR count). The van der Waals surface area contributed by atoms with Crippen molar-refractivity contribution < 1.29 is 9.90 Å². The van der Waals surface area contributed by atoms with Gasteiger partial charge in [-0.25, -0.2) is 0 Å². The molecule has 0 fully saturated rings. The maximum atomic E-state index is 12.6. The Morgan fingerprint density at radius 2 is 2.15 bits per heavy atom. The maximum absolute atomic E-state index is 12.6. The second-order valence-electron chi connectivity index (χ2n) is 6.33. The topological polar surface area (TPSA) is 105 Å². The van der Waals surface area contributed by atoms with Gasteiger partial charge in [-0.1, -0.05) is 12.1 Å². The number of benzene rings is 2. The molecule has 0 saturated carbocycles. The van der Waals surface area contributed by atoms with Crippen LogP contribution in [0.25, 0.3) is 5.69 Å². The van der Waals surface area contributed by atoms with Gasteiger partial charge >= 0.3 is 0 Å². The number of aryl methyl sites for hydroxylation is 2. The lowest BCUT2D eigenvalue weighted by Gasteiger charge is -2.14. The standard InChI is InChI=1S/C18H18N6O2/c1-10-6-7-12(8-16(10)24-11(2)21-22-23-24)19-18(26)15-9-13-14(20-15)4-3-5-17(13)25/h3-8,15,20,25H,9H2,1-2H3,(H,19,26). The first-order chi connectivity index (χ1) is 12.5. The average molecular weight is 350 g/mol. The van der Waals surface area contributed by atoms with Crippen molar-refractivity contribution in [3.63, 3.8) is 0 Å². The zero-order valence-electron chi connectivity index (χ0n) is 14.4. The summed E-state index contributed by atoms with van der Waals surface area (Å²) in [6.45, 7) is 3.77. The van der Waals surface area contributed by atoms with Gasteiger partial charge in [-0.2, -0.15) is 4.68 Å². The predicted molar refractivity (Wildman–Crippen MR) is 96.5 cm³/mol. The molecule has 1 unspecified atom stereocenters. The molecule has 0 bridgehead atoms. The number of aromatic hydroxyl groups is 1. The molecule has 0 radical (unpaired) electrons. The van der Waals surface area contributed by atoms with Gasteiger partial charge in [-0.05, 0) is 54.1 Å². The number of phenolic OH excluding ortho intramolecular Hbond substituents is 1. The van der Waals surface area contributed by atoms with Crippen LogP contribution in [0.5, 0.6) is 5.75 Å². The first-order valence-corrected chi connectivity index (χ1v) is 8.27. The zero-order valence-corrected chi connectivity index (χ0v) is 14.4. The van der Waals surface area contributed by atoms with E-state index < -0.39 is 6.04 Å². The first kappa shape index (κ1) is 16.1. The Morgan fingerprint density at radius 3 is 2.88 bits per heavy atom. The highest BCUT2D eigenvalue weighted by Gasteiger charge is 2.28. The fourth-order valence-corrected chi connectivity index (χ4v) is 3.12. The number of anilines is 2. The highest BCUT2D eigenvalue weighted by Crippen LogP contribution is 2.33. The minimum atomic E-state index is -0.433. The van der Waals surface area contributed by atoms with Gasteiger partial charge < -0.3 is 15.7 Å². The summed E-state index contributed by atoms with van der Waals surface area (Å²) in [5.74, 6) is 0.709. The SMILES string of the molecule is Cc1ccc(NC(=O)C2Cc3c(O)cccc3N2)cc1-n1nnnc1C. The van der Waals surface area contributed by atoms with Gasteiger partial charge in [-0.15, -0.1) is 5.10 Å². The van der Waals surface area contributed by atoms with Crippen LogP contribution in [-0.2, 0) is 11.2 Å². The van der Waals surface area contributed by atoms with Crippen LogP contribution >= 0.6 is 0 Å². The van der Waals surface area contributed by atoms with Crippen LogP contribution in [0.2, 0.25) is 0 Å². The summed E-state index contributed by atoms with van der Waals surface area (Å²) in [7, 11) is 0. The average Bonchev–Trinajstić information content (AvgIpc) is 3.24. The third kappa shape index (κ3) is 2.75. The van der Waals surface area contributed by atoms with Crippen LogP contribution in [-0.4, -0.2) is 37.3 Å². The molecule has 8 nitrogen and oxygen atoms in total. The van der Waals surface area contributed by atoms with Gasteiger partial charge in [0.2, 0.25) is 5.91 Å². The molecule has 1 aliphatic heterocycles. The molecule has 0 spiro atoms. The molecule has 132 valence electrons. The van der Waals surface area contributed by atoms with Gasteiger partial charge in [0.1, 0.15) is 11.8 Å². The van der Waals surface area contributed by atoms with Gasteiger partial charge in [0.25, 0.3) is 0 Å². The number of nitrogens with zero attached hydrogens (tertiary/aromatic N) is 4. The zero-order chi connectivity index (χ0) is 18.3. The molecule has 0 aliphatic carbocycles. The number of amides is 1. The lowest BCUT2D eigenvalue weighted by molar-refractivity contribution is -0.116. The molecule has 8 heteroatoms. The van der Waals surface area contributed by atoms with Crippen LogP contribution in [0.1, 0.15) is 17.0 Å². The van der Waals surface area contributed by atoms with E-state index in [-0.39, 0.29) is 11.7 Å². The van der Waals surface area contributed by atoms with E-state index >= 15 is 0 Å². The molecule has 1 amide bonds. The maximum Gasteiger partial charge on any atom is 0.247 e. The molecule has 26 heavy (non-hydrogen) atoms. The van der Waals surface area contributed by atoms with Crippen molar-refractivity contribution in [2.45, 2.75) is 26.3 Å². The lowest BCUT2D eigenvalue weighted by Crippen LogP contribution is -2.32. The van der Waals surface area contributed by atoms with Crippen LogP contribution in [0, 0.1) is 13.8 Å². The van der Waals surface area contributed by atoms with Crippen LogP contribution in [0.4, 0.5) is 11.4 Å². The highest BCUT2D eigenvalue weighted by atomic mass is 16.3. The number of fused-ring (bicyclic) bond motifs is 1. The Bertz CT molecular complexity index is 997. The second kappa shape index (κ2) is 6.14. The molecule has 2 aromatic carbocycles. The second-order valence-corrected chi connectivity index (χ2v) is 6.33. The third-order valence-electron chi connectivity index (χ3n) is 4.54. The van der Waals surface area contributed by atoms with Crippen molar-refractivity contribution in [3.8, 4) is 11.4 Å². The summed E-state index contributed by atoms with van der Waals surface area (Å²) >= 11 is 0. The van der Waals surface area contributed by atoms with E-state index in [1.807, 2.05) is 38.1 Å². The number of aromatic nitrogens is 4. The van der Waals surface area contributed by atoms with E-state index in [1.165, 1.54) is 0 Å². The van der Waals surface area contributed by atoms with Crippen molar-refractivity contribution in [2.75, 3.05) is 10.6 Å². The molecular formula is C18H18N6O2. The van der Waals surface area contributed by atoms with E-state index in [2.05, 4.69) is 26.2 Å². The van der Waals surface area contributed by atoms with Gasteiger partial charge in [0, 0.05) is 23.4 Å². The molecule has 2 heterocycles. The van der Waals surface area contributed by atoms with Crippen molar-refractivity contribution in [2.24, 2.45) is 0 Å². The van der Waals surface area contributed by atoms with E-state index in [1.54, 1.807) is 16.8 Å². The van der Waals surface area contributed by atoms with E-state index in [0.717, 1.165) is 22.5 Å². The summed E-state index contributed by atoms with van der Waals surface area (Å²) in [6.07, 6.45) is 0.443. The molecular weight excluding hydrogens is 332 g/mol. The van der Waals surface area contributed by atoms with Crippen molar-refractivity contribution in [3.05, 3.63) is 53.3 Å². The smallest absolute Gasteiger partial charge is 0.247 e. The Kier molecular flexibility index (Phi) is 3.80. The van der Waals surface area contributed by atoms with Crippen molar-refractivity contribution in [1.82, 2.24) is 20.2 Å². The third-order valence-corrected chi connectivity index (χ3v) is 4.54. The number of phenols is 1. The lowest BCUT2D eigenvalue weighted by atomic mass is 10.1. The fourth-order valence-electron chi connectivity index (χ4n) is 3.12. The molecule has 3 aromatic rings. The van der Waals surface area contributed by atoms with E-state index in [4.69, 9.17) is 0 Å². The van der Waals surface area contributed by atoms with Gasteiger partial charge in [0.05, 0.1) is 5.69 Å². The van der Waals surface area contributed by atoms with Crippen molar-refractivity contribution >= 4 is 17.3 Å². The molecule has 3 N–H and O–H groups in total. The molecule has 1 aliphatic rings. The molecule has 1 atom stereocenters. The number of rotatable bonds is 3.